The zero-order chi connectivity index (χ0) is 23.0. The van der Waals surface area contributed by atoms with Gasteiger partial charge in [0.15, 0.2) is 0 Å². The van der Waals surface area contributed by atoms with Crippen LogP contribution in [0, 0.1) is 0 Å². The molecule has 2 aromatic rings. The first-order valence-corrected chi connectivity index (χ1v) is 11.1. The van der Waals surface area contributed by atoms with Crippen LogP contribution in [-0.2, 0) is 14.3 Å². The molecule has 7 nitrogen and oxygen atoms in total. The van der Waals surface area contributed by atoms with Gasteiger partial charge >= 0.3 is 6.09 Å². The molecule has 0 N–H and O–H groups in total. The van der Waals surface area contributed by atoms with E-state index in [1.807, 2.05) is 68.1 Å². The number of carbonyl (C=O) groups excluding carboxylic acids is 3. The SMILES string of the molecule is CC(=O)N1c2ccc(-c3ccc(N4CCCC4=O)cc3)cc2N(C(=O)OC(C)C)CC1C. The molecule has 4 rings (SSSR count). The average molecular weight is 436 g/mol. The van der Waals surface area contributed by atoms with Crippen LogP contribution >= 0.6 is 0 Å². The number of nitrogens with zero attached hydrogens (tertiary/aromatic N) is 3. The Morgan fingerprint density at radius 3 is 2.31 bits per heavy atom. The largest absolute Gasteiger partial charge is 0.446 e. The fourth-order valence-electron chi connectivity index (χ4n) is 4.48. The zero-order valence-corrected chi connectivity index (χ0v) is 19.0. The summed E-state index contributed by atoms with van der Waals surface area (Å²) in [6.07, 6.45) is 0.825. The monoisotopic (exact) mass is 435 g/mol. The topological polar surface area (TPSA) is 70.2 Å². The van der Waals surface area contributed by atoms with E-state index in [1.54, 1.807) is 9.80 Å². The van der Waals surface area contributed by atoms with Gasteiger partial charge in [0.05, 0.1) is 23.5 Å². The quantitative estimate of drug-likeness (QED) is 0.707. The number of amides is 3. The van der Waals surface area contributed by atoms with Crippen LogP contribution in [-0.4, -0.2) is 43.1 Å². The molecule has 2 aliphatic heterocycles. The van der Waals surface area contributed by atoms with Crippen molar-refractivity contribution in [3.63, 3.8) is 0 Å². The molecule has 1 saturated heterocycles. The van der Waals surface area contributed by atoms with Gasteiger partial charge in [0.25, 0.3) is 0 Å². The van der Waals surface area contributed by atoms with Crippen molar-refractivity contribution in [3.8, 4) is 11.1 Å². The molecule has 1 unspecified atom stereocenters. The number of benzene rings is 2. The molecule has 3 amide bonds. The van der Waals surface area contributed by atoms with Crippen LogP contribution in [0.15, 0.2) is 42.5 Å². The molecule has 0 radical (unpaired) electrons. The molecule has 168 valence electrons. The predicted molar refractivity (Wildman–Crippen MR) is 125 cm³/mol. The minimum Gasteiger partial charge on any atom is -0.446 e. The summed E-state index contributed by atoms with van der Waals surface area (Å²) in [5.74, 6) is 0.0901. The zero-order valence-electron chi connectivity index (χ0n) is 19.0. The van der Waals surface area contributed by atoms with Crippen LogP contribution in [0.4, 0.5) is 21.9 Å². The molecular weight excluding hydrogens is 406 g/mol. The number of anilines is 3. The molecule has 0 aromatic heterocycles. The maximum atomic E-state index is 12.8. The van der Waals surface area contributed by atoms with Gasteiger partial charge in [-0.25, -0.2) is 4.79 Å². The highest BCUT2D eigenvalue weighted by Crippen LogP contribution is 2.39. The van der Waals surface area contributed by atoms with Crippen LogP contribution in [0.5, 0.6) is 0 Å². The Labute approximate surface area is 188 Å². The van der Waals surface area contributed by atoms with Crippen molar-refractivity contribution in [2.45, 2.75) is 52.7 Å². The minimum absolute atomic E-state index is 0.0667. The number of ether oxygens (including phenoxy) is 1. The van der Waals surface area contributed by atoms with Gasteiger partial charge in [-0.1, -0.05) is 18.2 Å². The number of hydrogen-bond acceptors (Lipinski definition) is 4. The van der Waals surface area contributed by atoms with E-state index in [2.05, 4.69) is 0 Å². The average Bonchev–Trinajstić information content (AvgIpc) is 3.18. The summed E-state index contributed by atoms with van der Waals surface area (Å²) < 4.78 is 5.47. The van der Waals surface area contributed by atoms with Gasteiger partial charge in [0, 0.05) is 32.1 Å². The van der Waals surface area contributed by atoms with Crippen molar-refractivity contribution in [1.29, 1.82) is 0 Å². The normalized spacial score (nSPS) is 18.2. The van der Waals surface area contributed by atoms with Gasteiger partial charge in [-0.05, 0) is 62.6 Å². The van der Waals surface area contributed by atoms with Crippen molar-refractivity contribution in [2.75, 3.05) is 27.8 Å². The van der Waals surface area contributed by atoms with Crippen LogP contribution in [0.3, 0.4) is 0 Å². The third-order valence-electron chi connectivity index (χ3n) is 5.90. The summed E-state index contributed by atoms with van der Waals surface area (Å²) in [5, 5.41) is 0. The van der Waals surface area contributed by atoms with E-state index in [0.717, 1.165) is 29.8 Å². The maximum Gasteiger partial charge on any atom is 0.414 e. The van der Waals surface area contributed by atoms with Crippen LogP contribution < -0.4 is 14.7 Å². The minimum atomic E-state index is -0.420. The smallest absolute Gasteiger partial charge is 0.414 e. The third kappa shape index (κ3) is 4.07. The fourth-order valence-corrected chi connectivity index (χ4v) is 4.48. The summed E-state index contributed by atoms with van der Waals surface area (Å²) in [6, 6.07) is 13.5. The predicted octanol–water partition coefficient (Wildman–Crippen LogP) is 4.59. The van der Waals surface area contributed by atoms with Gasteiger partial charge in [-0.15, -0.1) is 0 Å². The van der Waals surface area contributed by atoms with Gasteiger partial charge in [0.1, 0.15) is 0 Å². The van der Waals surface area contributed by atoms with Crippen molar-refractivity contribution in [2.24, 2.45) is 0 Å². The van der Waals surface area contributed by atoms with Gasteiger partial charge in [0.2, 0.25) is 11.8 Å². The summed E-state index contributed by atoms with van der Waals surface area (Å²) >= 11 is 0. The summed E-state index contributed by atoms with van der Waals surface area (Å²) in [6.45, 7) is 8.20. The highest BCUT2D eigenvalue weighted by molar-refractivity contribution is 6.03. The van der Waals surface area contributed by atoms with Gasteiger partial charge < -0.3 is 14.5 Å². The standard InChI is InChI=1S/C25H29N3O4/c1-16(2)32-25(31)27-15-17(3)28(18(4)29)22-12-9-20(14-23(22)27)19-7-10-21(11-8-19)26-13-5-6-24(26)30/h7-12,14,16-17H,5-6,13,15H2,1-4H3. The lowest BCUT2D eigenvalue weighted by Gasteiger charge is -2.40. The van der Waals surface area contributed by atoms with Crippen LogP contribution in [0.1, 0.15) is 40.5 Å². The second-order valence-electron chi connectivity index (χ2n) is 8.68. The second-order valence-corrected chi connectivity index (χ2v) is 8.68. The molecule has 1 atom stereocenters. The molecule has 0 aliphatic carbocycles. The number of hydrogen-bond donors (Lipinski definition) is 0. The Hall–Kier alpha value is -3.35. The van der Waals surface area contributed by atoms with Gasteiger partial charge in [-0.2, -0.15) is 0 Å². The Morgan fingerprint density at radius 1 is 1.03 bits per heavy atom. The van der Waals surface area contributed by atoms with Gasteiger partial charge in [-0.3, -0.25) is 14.5 Å². The number of fused-ring (bicyclic) bond motifs is 1. The summed E-state index contributed by atoms with van der Waals surface area (Å²) in [4.78, 5) is 42.3. The fraction of sp³-hybridized carbons (Fsp3) is 0.400. The molecule has 2 heterocycles. The molecule has 0 saturated carbocycles. The van der Waals surface area contributed by atoms with E-state index in [9.17, 15) is 14.4 Å². The molecule has 7 heteroatoms. The van der Waals surface area contributed by atoms with Crippen molar-refractivity contribution < 1.29 is 19.1 Å². The molecule has 2 aliphatic rings. The number of carbonyl (C=O) groups is 3. The van der Waals surface area contributed by atoms with Crippen molar-refractivity contribution in [3.05, 3.63) is 42.5 Å². The van der Waals surface area contributed by atoms with E-state index in [-0.39, 0.29) is 24.0 Å². The van der Waals surface area contributed by atoms with E-state index >= 15 is 0 Å². The molecular formula is C25H29N3O4. The third-order valence-corrected chi connectivity index (χ3v) is 5.90. The van der Waals surface area contributed by atoms with E-state index in [4.69, 9.17) is 4.74 Å². The van der Waals surface area contributed by atoms with Crippen LogP contribution in [0.2, 0.25) is 0 Å². The molecule has 0 spiro atoms. The Balaban J connectivity index is 1.71. The highest BCUT2D eigenvalue weighted by atomic mass is 16.6. The highest BCUT2D eigenvalue weighted by Gasteiger charge is 2.34. The first kappa shape index (κ1) is 21.9. The van der Waals surface area contributed by atoms with E-state index < -0.39 is 6.09 Å². The first-order valence-electron chi connectivity index (χ1n) is 11.1. The van der Waals surface area contributed by atoms with Crippen molar-refractivity contribution >= 4 is 35.0 Å². The summed E-state index contributed by atoms with van der Waals surface area (Å²) in [7, 11) is 0. The Kier molecular flexibility index (Phi) is 5.91. The maximum absolute atomic E-state index is 12.8. The van der Waals surface area contributed by atoms with E-state index in [0.29, 0.717) is 24.3 Å². The number of rotatable bonds is 3. The second kappa shape index (κ2) is 8.65. The Bertz CT molecular complexity index is 1050. The first-order chi connectivity index (χ1) is 15.3. The lowest BCUT2D eigenvalue weighted by molar-refractivity contribution is -0.117. The van der Waals surface area contributed by atoms with E-state index in [1.165, 1.54) is 6.92 Å². The Morgan fingerprint density at radius 2 is 1.72 bits per heavy atom. The van der Waals surface area contributed by atoms with Crippen LogP contribution in [0.25, 0.3) is 11.1 Å². The molecule has 0 bridgehead atoms. The molecule has 32 heavy (non-hydrogen) atoms. The molecule has 2 aromatic carbocycles. The lowest BCUT2D eigenvalue weighted by atomic mass is 10.0. The molecule has 1 fully saturated rings. The van der Waals surface area contributed by atoms with Crippen molar-refractivity contribution in [1.82, 2.24) is 0 Å². The summed E-state index contributed by atoms with van der Waals surface area (Å²) in [5.41, 5.74) is 4.13. The lowest BCUT2D eigenvalue weighted by Crippen LogP contribution is -2.51.